The first-order valence-corrected chi connectivity index (χ1v) is 11.6. The highest BCUT2D eigenvalue weighted by Crippen LogP contribution is 2.42. The van der Waals surface area contributed by atoms with Crippen molar-refractivity contribution in [1.29, 1.82) is 5.41 Å². The number of halogens is 1. The van der Waals surface area contributed by atoms with Crippen LogP contribution in [-0.2, 0) is 11.2 Å². The fourth-order valence-electron chi connectivity index (χ4n) is 3.40. The van der Waals surface area contributed by atoms with Crippen LogP contribution in [0.1, 0.15) is 39.8 Å². The van der Waals surface area contributed by atoms with Gasteiger partial charge in [-0.25, -0.2) is 0 Å². The SMILES string of the molecule is CCc1nnc([C@H]2C(=N)S/C(=C\c3cc(C)n(-c4ccc(Br)cc4)c3C)C2=O)s1. The van der Waals surface area contributed by atoms with Gasteiger partial charge in [-0.3, -0.25) is 10.2 Å². The molecule has 1 fully saturated rings. The highest BCUT2D eigenvalue weighted by atomic mass is 79.9. The number of ketones is 1. The Morgan fingerprint density at radius 1 is 1.24 bits per heavy atom. The number of nitrogens with one attached hydrogen (secondary N) is 1. The predicted molar refractivity (Wildman–Crippen MR) is 123 cm³/mol. The minimum absolute atomic E-state index is 0.0627. The first-order chi connectivity index (χ1) is 13.9. The summed E-state index contributed by atoms with van der Waals surface area (Å²) in [5, 5.41) is 18.4. The van der Waals surface area contributed by atoms with Crippen LogP contribution >= 0.6 is 39.0 Å². The zero-order valence-electron chi connectivity index (χ0n) is 16.2. The van der Waals surface area contributed by atoms with E-state index in [-0.39, 0.29) is 5.78 Å². The molecule has 0 spiro atoms. The van der Waals surface area contributed by atoms with Crippen LogP contribution in [0.5, 0.6) is 0 Å². The molecule has 8 heteroatoms. The fraction of sp³-hybridized carbons (Fsp3) is 0.238. The van der Waals surface area contributed by atoms with Gasteiger partial charge in [-0.1, -0.05) is 34.6 Å². The van der Waals surface area contributed by atoms with Crippen molar-refractivity contribution in [2.45, 2.75) is 33.1 Å². The average molecular weight is 487 g/mol. The van der Waals surface area contributed by atoms with Crippen molar-refractivity contribution in [2.24, 2.45) is 0 Å². The molecule has 2 aromatic heterocycles. The summed E-state index contributed by atoms with van der Waals surface area (Å²) in [5.74, 6) is -0.675. The molecule has 0 unspecified atom stereocenters. The third-order valence-corrected chi connectivity index (χ3v) is 7.52. The van der Waals surface area contributed by atoms with Crippen molar-refractivity contribution < 1.29 is 4.79 Å². The van der Waals surface area contributed by atoms with Gasteiger partial charge >= 0.3 is 0 Å². The molecule has 5 nitrogen and oxygen atoms in total. The zero-order chi connectivity index (χ0) is 20.7. The highest BCUT2D eigenvalue weighted by Gasteiger charge is 2.39. The molecule has 1 N–H and O–H groups in total. The van der Waals surface area contributed by atoms with Crippen molar-refractivity contribution in [2.75, 3.05) is 0 Å². The van der Waals surface area contributed by atoms with Crippen LogP contribution in [0.4, 0.5) is 0 Å². The van der Waals surface area contributed by atoms with E-state index in [9.17, 15) is 4.79 Å². The maximum atomic E-state index is 13.0. The Bertz CT molecular complexity index is 1140. The monoisotopic (exact) mass is 486 g/mol. The minimum atomic E-state index is -0.612. The van der Waals surface area contributed by atoms with E-state index in [4.69, 9.17) is 5.41 Å². The Labute approximate surface area is 185 Å². The Morgan fingerprint density at radius 3 is 2.62 bits per heavy atom. The van der Waals surface area contributed by atoms with E-state index in [2.05, 4.69) is 55.8 Å². The lowest BCUT2D eigenvalue weighted by Crippen LogP contribution is -2.11. The van der Waals surface area contributed by atoms with Gasteiger partial charge in [0, 0.05) is 21.5 Å². The summed E-state index contributed by atoms with van der Waals surface area (Å²) in [6.07, 6.45) is 2.69. The summed E-state index contributed by atoms with van der Waals surface area (Å²) in [7, 11) is 0. The third kappa shape index (κ3) is 3.76. The molecule has 0 aliphatic carbocycles. The Hall–Kier alpha value is -2.03. The highest BCUT2D eigenvalue weighted by molar-refractivity contribution is 9.10. The molecule has 4 rings (SSSR count). The number of carbonyl (C=O) groups is 1. The van der Waals surface area contributed by atoms with Crippen molar-refractivity contribution >= 4 is 55.9 Å². The van der Waals surface area contributed by atoms with E-state index in [1.807, 2.05) is 32.1 Å². The molecule has 0 amide bonds. The number of hydrogen-bond acceptors (Lipinski definition) is 6. The van der Waals surface area contributed by atoms with Gasteiger partial charge in [0.25, 0.3) is 0 Å². The van der Waals surface area contributed by atoms with Gasteiger partial charge < -0.3 is 4.57 Å². The van der Waals surface area contributed by atoms with Crippen molar-refractivity contribution in [3.8, 4) is 5.69 Å². The number of rotatable bonds is 4. The Balaban J connectivity index is 1.68. The number of thioether (sulfide) groups is 1. The molecular formula is C21H19BrN4OS2. The molecule has 0 radical (unpaired) electrons. The standard InChI is InChI=1S/C21H19BrN4OS2/c1-4-17-24-25-21(29-17)18-19(27)16(28-20(18)23)10-13-9-11(2)26(12(13)3)15-7-5-14(22)6-8-15/h5-10,18,23H,4H2,1-3H3/b16-10-,23-20?/t18-/m1/s1. The largest absolute Gasteiger partial charge is 0.318 e. The van der Waals surface area contributed by atoms with Crippen molar-refractivity contribution in [3.05, 3.63) is 66.7 Å². The molecule has 1 aliphatic heterocycles. The van der Waals surface area contributed by atoms with Crippen LogP contribution in [-0.4, -0.2) is 25.6 Å². The Kier molecular flexibility index (Phi) is 5.59. The molecule has 1 atom stereocenters. The summed E-state index contributed by atoms with van der Waals surface area (Å²) < 4.78 is 3.20. The second-order valence-corrected chi connectivity index (χ2v) is 9.89. The summed E-state index contributed by atoms with van der Waals surface area (Å²) in [5.41, 5.74) is 4.21. The summed E-state index contributed by atoms with van der Waals surface area (Å²) in [4.78, 5) is 13.6. The number of carbonyl (C=O) groups excluding carboxylic acids is 1. The first-order valence-electron chi connectivity index (χ1n) is 9.18. The third-order valence-electron chi connectivity index (χ3n) is 4.86. The van der Waals surface area contributed by atoms with Gasteiger partial charge in [0.1, 0.15) is 15.9 Å². The summed E-state index contributed by atoms with van der Waals surface area (Å²) in [6.45, 7) is 6.11. The van der Waals surface area contributed by atoms with Crippen LogP contribution in [0.25, 0.3) is 11.8 Å². The molecule has 0 bridgehead atoms. The fourth-order valence-corrected chi connectivity index (χ4v) is 5.61. The average Bonchev–Trinajstić information content (AvgIpc) is 3.34. The van der Waals surface area contributed by atoms with E-state index >= 15 is 0 Å². The van der Waals surface area contributed by atoms with Crippen molar-refractivity contribution in [3.63, 3.8) is 0 Å². The molecule has 0 saturated carbocycles. The molecular weight excluding hydrogens is 468 g/mol. The lowest BCUT2D eigenvalue weighted by atomic mass is 10.1. The molecule has 1 aliphatic rings. The van der Waals surface area contributed by atoms with Crippen LogP contribution in [0.3, 0.4) is 0 Å². The normalized spacial score (nSPS) is 18.2. The van der Waals surface area contributed by atoms with Gasteiger partial charge in [0.2, 0.25) is 0 Å². The molecule has 3 heterocycles. The quantitative estimate of drug-likeness (QED) is 0.480. The molecule has 29 heavy (non-hydrogen) atoms. The number of hydrogen-bond donors (Lipinski definition) is 1. The first kappa shape index (κ1) is 20.3. The molecule has 3 aromatic rings. The smallest absolute Gasteiger partial charge is 0.186 e. The van der Waals surface area contributed by atoms with Crippen LogP contribution in [0.15, 0.2) is 39.7 Å². The molecule has 1 saturated heterocycles. The van der Waals surface area contributed by atoms with Crippen LogP contribution < -0.4 is 0 Å². The maximum absolute atomic E-state index is 13.0. The minimum Gasteiger partial charge on any atom is -0.318 e. The molecule has 1 aromatic carbocycles. The van der Waals surface area contributed by atoms with Crippen molar-refractivity contribution in [1.82, 2.24) is 14.8 Å². The number of benzene rings is 1. The summed E-state index contributed by atoms with van der Waals surface area (Å²) >= 11 is 6.12. The topological polar surface area (TPSA) is 71.6 Å². The number of Topliss-reactive ketones (excluding diaryl/α,β-unsaturated/α-hetero) is 1. The van der Waals surface area contributed by atoms with Gasteiger partial charge in [-0.05, 0) is 62.2 Å². The van der Waals surface area contributed by atoms with E-state index in [0.717, 1.165) is 38.5 Å². The van der Waals surface area contributed by atoms with E-state index in [0.29, 0.717) is 15.0 Å². The number of nitrogens with zero attached hydrogens (tertiary/aromatic N) is 3. The maximum Gasteiger partial charge on any atom is 0.186 e. The Morgan fingerprint density at radius 2 is 1.97 bits per heavy atom. The second-order valence-electron chi connectivity index (χ2n) is 6.80. The van der Waals surface area contributed by atoms with Gasteiger partial charge in [0.15, 0.2) is 5.78 Å². The second kappa shape index (κ2) is 8.01. The lowest BCUT2D eigenvalue weighted by Gasteiger charge is -2.09. The zero-order valence-corrected chi connectivity index (χ0v) is 19.4. The van der Waals surface area contributed by atoms with Crippen LogP contribution in [0, 0.1) is 19.3 Å². The lowest BCUT2D eigenvalue weighted by molar-refractivity contribution is -0.114. The molecule has 148 valence electrons. The van der Waals surface area contributed by atoms with E-state index in [1.54, 1.807) is 0 Å². The number of aromatic nitrogens is 3. The van der Waals surface area contributed by atoms with E-state index < -0.39 is 5.92 Å². The number of allylic oxidation sites excluding steroid dienone is 1. The predicted octanol–water partition coefficient (Wildman–Crippen LogP) is 5.69. The number of aryl methyl sites for hydroxylation is 2. The summed E-state index contributed by atoms with van der Waals surface area (Å²) in [6, 6.07) is 10.2. The van der Waals surface area contributed by atoms with Gasteiger partial charge in [-0.2, -0.15) is 0 Å². The van der Waals surface area contributed by atoms with E-state index in [1.165, 1.54) is 23.1 Å². The van der Waals surface area contributed by atoms with Gasteiger partial charge in [-0.15, -0.1) is 21.5 Å². The van der Waals surface area contributed by atoms with Crippen LogP contribution in [0.2, 0.25) is 0 Å². The van der Waals surface area contributed by atoms with Gasteiger partial charge in [0.05, 0.1) is 9.95 Å².